The minimum absolute atomic E-state index is 0.372. The molecule has 1 heterocycles. The van der Waals surface area contributed by atoms with E-state index in [1.165, 1.54) is 0 Å². The molecule has 0 bridgehead atoms. The van der Waals surface area contributed by atoms with Gasteiger partial charge in [-0.15, -0.1) is 0 Å². The fraction of sp³-hybridized carbons (Fsp3) is 0.438. The molecule has 1 atom stereocenters. The number of hydrogen-bond acceptors (Lipinski definition) is 2. The molecule has 2 rings (SSSR count). The lowest BCUT2D eigenvalue weighted by Gasteiger charge is -2.20. The number of benzene rings is 1. The van der Waals surface area contributed by atoms with Gasteiger partial charge in [0.15, 0.2) is 5.96 Å². The van der Waals surface area contributed by atoms with Crippen LogP contribution in [-0.2, 0) is 6.54 Å². The van der Waals surface area contributed by atoms with Crippen molar-refractivity contribution < 1.29 is 4.42 Å². The third kappa shape index (κ3) is 3.53. The Labute approximate surface area is 120 Å². The monoisotopic (exact) mass is 273 g/mol. The number of rotatable bonds is 4. The zero-order valence-electron chi connectivity index (χ0n) is 12.6. The lowest BCUT2D eigenvalue weighted by atomic mass is 10.1. The van der Waals surface area contributed by atoms with Crippen molar-refractivity contribution in [2.45, 2.75) is 33.4 Å². The summed E-state index contributed by atoms with van der Waals surface area (Å²) in [5.41, 5.74) is 0.919. The van der Waals surface area contributed by atoms with E-state index in [0.717, 1.165) is 22.7 Å². The van der Waals surface area contributed by atoms with Crippen molar-refractivity contribution in [1.82, 2.24) is 10.6 Å². The zero-order chi connectivity index (χ0) is 14.5. The molecule has 0 radical (unpaired) electrons. The van der Waals surface area contributed by atoms with Crippen LogP contribution in [0.2, 0.25) is 0 Å². The van der Waals surface area contributed by atoms with Gasteiger partial charge in [0, 0.05) is 18.5 Å². The summed E-state index contributed by atoms with van der Waals surface area (Å²) in [6.07, 6.45) is 0. The first-order chi connectivity index (χ1) is 9.60. The number of hydrogen-bond donors (Lipinski definition) is 2. The molecular weight excluding hydrogens is 250 g/mol. The van der Waals surface area contributed by atoms with Gasteiger partial charge in [-0.05, 0) is 25.0 Å². The molecule has 2 N–H and O–H groups in total. The van der Waals surface area contributed by atoms with Crippen LogP contribution < -0.4 is 10.6 Å². The number of aliphatic imine (C=N–C) groups is 1. The first-order valence-corrected chi connectivity index (χ1v) is 7.04. The first kappa shape index (κ1) is 14.4. The molecule has 108 valence electrons. The van der Waals surface area contributed by atoms with Gasteiger partial charge in [-0.25, -0.2) is 0 Å². The highest BCUT2D eigenvalue weighted by molar-refractivity contribution is 5.80. The summed E-state index contributed by atoms with van der Waals surface area (Å²) in [5.74, 6) is 2.26. The summed E-state index contributed by atoms with van der Waals surface area (Å²) in [6.45, 7) is 7.15. The van der Waals surface area contributed by atoms with E-state index in [4.69, 9.17) is 4.42 Å². The highest BCUT2D eigenvalue weighted by Gasteiger charge is 2.09. The second-order valence-electron chi connectivity index (χ2n) is 5.35. The van der Waals surface area contributed by atoms with E-state index in [9.17, 15) is 0 Å². The van der Waals surface area contributed by atoms with E-state index >= 15 is 0 Å². The van der Waals surface area contributed by atoms with Crippen LogP contribution in [0.1, 0.15) is 26.5 Å². The summed E-state index contributed by atoms with van der Waals surface area (Å²) < 4.78 is 5.77. The fourth-order valence-corrected chi connectivity index (χ4v) is 1.87. The summed E-state index contributed by atoms with van der Waals surface area (Å²) in [4.78, 5) is 4.23. The lowest BCUT2D eigenvalue weighted by molar-refractivity contribution is 0.477. The molecule has 20 heavy (non-hydrogen) atoms. The molecule has 0 spiro atoms. The fourth-order valence-electron chi connectivity index (χ4n) is 1.87. The van der Waals surface area contributed by atoms with Crippen LogP contribution >= 0.6 is 0 Å². The molecule has 4 heteroatoms. The topological polar surface area (TPSA) is 49.6 Å². The number of nitrogens with one attached hydrogen (secondary N) is 2. The van der Waals surface area contributed by atoms with E-state index in [-0.39, 0.29) is 0 Å². The second-order valence-corrected chi connectivity index (χ2v) is 5.35. The molecule has 1 aromatic heterocycles. The Morgan fingerprint density at radius 1 is 1.25 bits per heavy atom. The molecule has 1 unspecified atom stereocenters. The normalized spacial score (nSPS) is 13.8. The third-order valence-corrected chi connectivity index (χ3v) is 3.49. The van der Waals surface area contributed by atoms with Gasteiger partial charge >= 0.3 is 0 Å². The summed E-state index contributed by atoms with van der Waals surface area (Å²) in [7, 11) is 1.78. The SMILES string of the molecule is CN=C(NCc1cc2ccccc2o1)NC(C)C(C)C. The quantitative estimate of drug-likeness (QED) is 0.664. The van der Waals surface area contributed by atoms with Gasteiger partial charge in [0.2, 0.25) is 0 Å². The molecule has 0 saturated carbocycles. The van der Waals surface area contributed by atoms with Crippen LogP contribution in [0, 0.1) is 5.92 Å². The maximum Gasteiger partial charge on any atom is 0.191 e. The number of nitrogens with zero attached hydrogens (tertiary/aromatic N) is 1. The maximum absolute atomic E-state index is 5.77. The van der Waals surface area contributed by atoms with E-state index in [1.807, 2.05) is 18.2 Å². The standard InChI is InChI=1S/C16H23N3O/c1-11(2)12(3)19-16(17-4)18-10-14-9-13-7-5-6-8-15(13)20-14/h5-9,11-12H,10H2,1-4H3,(H2,17,18,19). The molecule has 0 saturated heterocycles. The van der Waals surface area contributed by atoms with Gasteiger partial charge in [-0.3, -0.25) is 4.99 Å². The lowest BCUT2D eigenvalue weighted by Crippen LogP contribution is -2.43. The Morgan fingerprint density at radius 3 is 2.65 bits per heavy atom. The molecule has 1 aromatic carbocycles. The van der Waals surface area contributed by atoms with Crippen LogP contribution in [0.15, 0.2) is 39.7 Å². The Morgan fingerprint density at radius 2 is 2.00 bits per heavy atom. The van der Waals surface area contributed by atoms with Crippen molar-refractivity contribution in [3.8, 4) is 0 Å². The molecule has 0 aliphatic carbocycles. The van der Waals surface area contributed by atoms with Crippen LogP contribution in [0.3, 0.4) is 0 Å². The van der Waals surface area contributed by atoms with Crippen molar-refractivity contribution in [1.29, 1.82) is 0 Å². The van der Waals surface area contributed by atoms with E-state index in [2.05, 4.69) is 48.5 Å². The summed E-state index contributed by atoms with van der Waals surface area (Å²) in [5, 5.41) is 7.77. The number of para-hydroxylation sites is 1. The van der Waals surface area contributed by atoms with E-state index < -0.39 is 0 Å². The van der Waals surface area contributed by atoms with Gasteiger partial charge in [-0.2, -0.15) is 0 Å². The van der Waals surface area contributed by atoms with Crippen LogP contribution in [-0.4, -0.2) is 19.0 Å². The largest absolute Gasteiger partial charge is 0.459 e. The van der Waals surface area contributed by atoms with Gasteiger partial charge in [0.05, 0.1) is 6.54 Å². The first-order valence-electron chi connectivity index (χ1n) is 7.04. The van der Waals surface area contributed by atoms with Gasteiger partial charge in [0.25, 0.3) is 0 Å². The second kappa shape index (κ2) is 6.46. The Bertz CT molecular complexity index is 553. The maximum atomic E-state index is 5.77. The number of guanidine groups is 1. The minimum atomic E-state index is 0.372. The molecule has 4 nitrogen and oxygen atoms in total. The average Bonchev–Trinajstić information content (AvgIpc) is 2.85. The van der Waals surface area contributed by atoms with Crippen molar-refractivity contribution in [2.24, 2.45) is 10.9 Å². The summed E-state index contributed by atoms with van der Waals surface area (Å²) >= 11 is 0. The molecule has 0 fully saturated rings. The van der Waals surface area contributed by atoms with Gasteiger partial charge in [0.1, 0.15) is 11.3 Å². The molecular formula is C16H23N3O. The third-order valence-electron chi connectivity index (χ3n) is 3.49. The van der Waals surface area contributed by atoms with Crippen LogP contribution in [0.5, 0.6) is 0 Å². The molecule has 0 aliphatic heterocycles. The van der Waals surface area contributed by atoms with Crippen molar-refractivity contribution in [3.63, 3.8) is 0 Å². The van der Waals surface area contributed by atoms with Crippen LogP contribution in [0.4, 0.5) is 0 Å². The number of furan rings is 1. The summed E-state index contributed by atoms with van der Waals surface area (Å²) in [6, 6.07) is 10.5. The van der Waals surface area contributed by atoms with Crippen LogP contribution in [0.25, 0.3) is 11.0 Å². The van der Waals surface area contributed by atoms with Crippen molar-refractivity contribution in [3.05, 3.63) is 36.1 Å². The zero-order valence-corrected chi connectivity index (χ0v) is 12.6. The van der Waals surface area contributed by atoms with E-state index in [0.29, 0.717) is 18.5 Å². The highest BCUT2D eigenvalue weighted by atomic mass is 16.3. The molecule has 0 amide bonds. The average molecular weight is 273 g/mol. The van der Waals surface area contributed by atoms with E-state index in [1.54, 1.807) is 7.05 Å². The van der Waals surface area contributed by atoms with Gasteiger partial charge < -0.3 is 15.1 Å². The smallest absolute Gasteiger partial charge is 0.191 e. The van der Waals surface area contributed by atoms with Crippen molar-refractivity contribution >= 4 is 16.9 Å². The molecule has 0 aliphatic rings. The highest BCUT2D eigenvalue weighted by Crippen LogP contribution is 2.18. The molecule has 2 aromatic rings. The number of fused-ring (bicyclic) bond motifs is 1. The van der Waals surface area contributed by atoms with Gasteiger partial charge in [-0.1, -0.05) is 32.0 Å². The Hall–Kier alpha value is -1.97. The Balaban J connectivity index is 1.96. The van der Waals surface area contributed by atoms with Crippen molar-refractivity contribution in [2.75, 3.05) is 7.05 Å². The predicted molar refractivity (Wildman–Crippen MR) is 83.8 cm³/mol. The minimum Gasteiger partial charge on any atom is -0.459 e. The predicted octanol–water partition coefficient (Wildman–Crippen LogP) is 3.14. The Kier molecular flexibility index (Phi) is 4.66.